The number of nitrogens with one attached hydrogen (secondary N) is 5. The summed E-state index contributed by atoms with van der Waals surface area (Å²) in [6.45, 7) is 54.9. The minimum atomic E-state index is -3.34. The number of alkyl carbamates (subject to hydrolysis) is 4. The predicted molar refractivity (Wildman–Crippen MR) is 533 cm³/mol. The summed E-state index contributed by atoms with van der Waals surface area (Å²) in [6.07, 6.45) is -27.3. The molecule has 11 rings (SSSR count). The molecule has 0 aromatic heterocycles. The van der Waals surface area contributed by atoms with Crippen LogP contribution in [-0.2, 0) is 115 Å². The molecule has 6 fully saturated rings. The zero-order valence-electron chi connectivity index (χ0n) is 86.2. The van der Waals surface area contributed by atoms with Crippen LogP contribution in [0.4, 0.5) is 24.0 Å². The highest BCUT2D eigenvalue weighted by molar-refractivity contribution is 6.76. The van der Waals surface area contributed by atoms with Crippen molar-refractivity contribution >= 4 is 78.0 Å². The van der Waals surface area contributed by atoms with E-state index >= 15 is 19.2 Å². The van der Waals surface area contributed by atoms with Crippen LogP contribution in [0.3, 0.4) is 0 Å². The van der Waals surface area contributed by atoms with E-state index in [2.05, 4.69) is 183 Å². The summed E-state index contributed by atoms with van der Waals surface area (Å²) < 4.78 is 128. The van der Waals surface area contributed by atoms with Gasteiger partial charge in [0.2, 0.25) is 0 Å². The molecular weight excluding hydrogens is 1850 g/mol. The smallest absolute Gasteiger partial charge is 0.410 e. The summed E-state index contributed by atoms with van der Waals surface area (Å²) in [4.78, 5) is 90.6. The lowest BCUT2D eigenvalue weighted by molar-refractivity contribution is -0.356. The molecule has 766 valence electrons. The highest BCUT2D eigenvalue weighted by Gasteiger charge is 2.64. The molecular formula is C101H156N6O26Si5. The van der Waals surface area contributed by atoms with Crippen LogP contribution < -0.4 is 26.6 Å². The van der Waals surface area contributed by atoms with Gasteiger partial charge in [-0.25, -0.2) is 24.0 Å². The van der Waals surface area contributed by atoms with Crippen LogP contribution in [0.15, 0.2) is 152 Å². The second-order valence-corrected chi connectivity index (χ2v) is 69.8. The van der Waals surface area contributed by atoms with Gasteiger partial charge in [0.05, 0.1) is 50.6 Å². The molecule has 0 bridgehead atoms. The molecule has 6 amide bonds. The van der Waals surface area contributed by atoms with Crippen LogP contribution in [0.2, 0.25) is 90.7 Å². The van der Waals surface area contributed by atoms with Gasteiger partial charge in [-0.1, -0.05) is 256 Å². The average Bonchev–Trinajstić information content (AvgIpc) is 1.26. The fourth-order valence-corrected chi connectivity index (χ4v) is 21.9. The van der Waals surface area contributed by atoms with Crippen molar-refractivity contribution in [3.05, 3.63) is 179 Å². The van der Waals surface area contributed by atoms with Crippen LogP contribution >= 0.6 is 0 Å². The van der Waals surface area contributed by atoms with Crippen LogP contribution in [0, 0.1) is 0 Å². The molecule has 7 N–H and O–H groups in total. The van der Waals surface area contributed by atoms with E-state index in [1.54, 1.807) is 45.0 Å². The Bertz CT molecular complexity index is 4800. The number of likely N-dealkylation sites (tertiary alicyclic amines) is 1. The molecule has 37 heteroatoms. The van der Waals surface area contributed by atoms with Crippen LogP contribution in [0.1, 0.15) is 165 Å². The largest absolute Gasteiger partial charge is 0.445 e. The fourth-order valence-electron chi connectivity index (χ4n) is 15.6. The summed E-state index contributed by atoms with van der Waals surface area (Å²) in [6, 6.07) is 40.2. The molecule has 20 atom stereocenters. The molecule has 5 aliphatic heterocycles. The van der Waals surface area contributed by atoms with Gasteiger partial charge in [-0.15, -0.1) is 0 Å². The van der Waals surface area contributed by atoms with E-state index in [0.717, 1.165) is 5.56 Å². The summed E-state index contributed by atoms with van der Waals surface area (Å²) in [7, 11) is -15.4. The Morgan fingerprint density at radius 1 is 0.413 bits per heavy atom. The summed E-state index contributed by atoms with van der Waals surface area (Å²) in [5, 5.41) is 39.5. The Labute approximate surface area is 821 Å². The topological polar surface area (TPSA) is 372 Å². The maximum absolute atomic E-state index is 15.4. The second-order valence-electron chi connectivity index (χ2n) is 45.9. The third kappa shape index (κ3) is 28.5. The molecule has 0 radical (unpaired) electrons. The third-order valence-corrected chi connectivity index (χ3v) is 51.4. The van der Waals surface area contributed by atoms with Crippen molar-refractivity contribution < 1.29 is 123 Å². The first kappa shape index (κ1) is 111. The van der Waals surface area contributed by atoms with Crippen molar-refractivity contribution in [1.82, 2.24) is 31.5 Å². The molecule has 1 saturated carbocycles. The van der Waals surface area contributed by atoms with Crippen molar-refractivity contribution in [3.63, 3.8) is 0 Å². The number of carbonyl (C=O) groups is 6. The monoisotopic (exact) mass is 2010 g/mol. The normalized spacial score (nSPS) is 27.4. The SMILES string of the molecule is CC(C)(C)OC(=O)N1CC(O)(C(=O)N[C@@H]2C[C@H](NC(=O)OCc3ccccc3)[C@@H](O[C@H]3O[C@@H]4COC(c5ccccc5)O[C@H]4[C@H](O[Si](C)(C)C(C)(C)C)[C@H]3NC(=O)OCc3ccccc3)[C@H](O[C@@H]3O[C@H](CO[Si](C)(C)C(C)(C)C)[C@@H](O[C@H]4O[C@@H](CNC(=O)OCc5ccccc5)[C@H](O[Si](C)(C)C(C)(C)C)[C@H](O[Si](C)(C)C(C)(C)C)[C@H]4NC(=O)OCc4ccccc4)[C@H]3O[Si](C)(C)C(C)(C)C)[C@H]2O)C1. The Hall–Kier alpha value is -7.60. The summed E-state index contributed by atoms with van der Waals surface area (Å²) in [5.41, 5.74) is 0.220. The number of carbonyl (C=O) groups excluding carboxylic acids is 6. The highest BCUT2D eigenvalue weighted by atomic mass is 28.4. The standard InChI is InChI=1S/C101H156N6O26Si5/c1-95(2,3)129-94(114)107-62-101(115,63-107)89(109)103-69-54-70(104-91(111)118-57-65-46-36-30-37-47-65)77(125-87-74(105-92(112)119-58-66-48-38-31-39-49-66)81(131-136(23,24)98(10,11)12)78-72(123-87)60-116-85(126-78)68-52-42-33-43-53-68)83(76(69)108)128-88-84(133-138(27,28)100(16,17)18)79(73(124-88)61-121-134(19,20)96(4,5)6)127-86-75(106-93(113)120-59-67-50-40-32-41-51-67)82(132-137(25,26)99(13,14)15)80(130-135(21,22)97(7,8)9)71(122-86)55-102-90(110)117-56-64-44-34-29-35-45-64/h29-53,69-88,108,115H,54-63H2,1-28H3,(H,102,110)(H,103,109)(H,104,111)(H,105,112)(H,106,113)/t69-,70+,71+,72-,73-,74-,75-,76+,77-,78-,79-,80+,81-,82-,83-,84-,85?,86-,87-,88+/m1/s1. The number of rotatable bonds is 33. The van der Waals surface area contributed by atoms with Crippen LogP contribution in [0.25, 0.3) is 0 Å². The van der Waals surface area contributed by atoms with Gasteiger partial charge in [0.1, 0.15) is 105 Å². The van der Waals surface area contributed by atoms with Gasteiger partial charge in [-0.05, 0) is 140 Å². The minimum Gasteiger partial charge on any atom is -0.445 e. The van der Waals surface area contributed by atoms with Gasteiger partial charge in [-0.2, -0.15) is 0 Å². The number of hydrogen-bond donors (Lipinski definition) is 7. The number of amides is 6. The van der Waals surface area contributed by atoms with E-state index in [4.69, 9.17) is 83.7 Å². The van der Waals surface area contributed by atoms with Crippen molar-refractivity contribution in [2.24, 2.45) is 0 Å². The number of aliphatic hydroxyl groups is 2. The Morgan fingerprint density at radius 3 is 1.25 bits per heavy atom. The number of nitrogens with zero attached hydrogens (tertiary/aromatic N) is 1. The number of fused-ring (bicyclic) bond motifs is 1. The fraction of sp³-hybridized carbons (Fsp3) is 0.644. The maximum Gasteiger partial charge on any atom is 0.410 e. The summed E-state index contributed by atoms with van der Waals surface area (Å²) in [5.74, 6) is -1.01. The van der Waals surface area contributed by atoms with Crippen molar-refractivity contribution in [1.29, 1.82) is 0 Å². The van der Waals surface area contributed by atoms with E-state index in [0.29, 0.717) is 22.3 Å². The average molecular weight is 2010 g/mol. The van der Waals surface area contributed by atoms with E-state index in [1.165, 1.54) is 4.90 Å². The second kappa shape index (κ2) is 44.7. The molecule has 32 nitrogen and oxygen atoms in total. The Kier molecular flexibility index (Phi) is 35.9. The Balaban J connectivity index is 1.12. The van der Waals surface area contributed by atoms with E-state index in [9.17, 15) is 19.8 Å². The molecule has 5 heterocycles. The van der Waals surface area contributed by atoms with Gasteiger partial charge in [0.15, 0.2) is 72.3 Å². The number of aliphatic hydroxyl groups excluding tert-OH is 1. The summed E-state index contributed by atoms with van der Waals surface area (Å²) >= 11 is 0. The predicted octanol–water partition coefficient (Wildman–Crippen LogP) is 17.1. The van der Waals surface area contributed by atoms with E-state index < -0.39 is 256 Å². The van der Waals surface area contributed by atoms with Gasteiger partial charge in [-0.3, -0.25) is 4.79 Å². The van der Waals surface area contributed by atoms with Gasteiger partial charge in [0, 0.05) is 12.1 Å². The number of β-amino-alcohol motifs (C(OH)–C–C–N with tert-alkyl or cyclic N) is 1. The lowest BCUT2D eigenvalue weighted by Crippen LogP contribution is -2.74. The minimum absolute atomic E-state index is 0.0639. The zero-order valence-corrected chi connectivity index (χ0v) is 91.2. The van der Waals surface area contributed by atoms with Gasteiger partial charge < -0.3 is 125 Å². The van der Waals surface area contributed by atoms with Crippen molar-refractivity contribution in [2.75, 3.05) is 32.8 Å². The molecule has 0 spiro atoms. The molecule has 138 heavy (non-hydrogen) atoms. The molecule has 6 aliphatic rings. The first-order valence-corrected chi connectivity index (χ1v) is 62.8. The zero-order chi connectivity index (χ0) is 101. The van der Waals surface area contributed by atoms with Gasteiger partial charge in [0.25, 0.3) is 5.91 Å². The number of benzene rings is 5. The Morgan fingerprint density at radius 2 is 0.797 bits per heavy atom. The molecule has 1 aliphatic carbocycles. The van der Waals surface area contributed by atoms with Crippen molar-refractivity contribution in [3.8, 4) is 0 Å². The lowest BCUT2D eigenvalue weighted by atomic mass is 9.82. The first-order chi connectivity index (χ1) is 64.1. The molecule has 5 aromatic rings. The van der Waals surface area contributed by atoms with E-state index in [1.807, 2.05) is 140 Å². The highest BCUT2D eigenvalue weighted by Crippen LogP contribution is 2.50. The third-order valence-electron chi connectivity index (χ3n) is 29.0. The molecule has 5 saturated heterocycles. The quantitative estimate of drug-likeness (QED) is 0.0151. The van der Waals surface area contributed by atoms with Crippen LogP contribution in [-0.4, -0.2) is 253 Å². The number of ether oxygens (including phenoxy) is 13. The van der Waals surface area contributed by atoms with E-state index in [-0.39, 0.29) is 46.2 Å². The van der Waals surface area contributed by atoms with Crippen molar-refractivity contribution in [2.45, 2.75) is 382 Å². The lowest BCUT2D eigenvalue weighted by Gasteiger charge is -2.54. The molecule has 1 unspecified atom stereocenters. The number of hydrogen-bond acceptors (Lipinski definition) is 26. The molecule has 5 aromatic carbocycles. The first-order valence-electron chi connectivity index (χ1n) is 48.3. The van der Waals surface area contributed by atoms with Crippen LogP contribution in [0.5, 0.6) is 0 Å². The van der Waals surface area contributed by atoms with Gasteiger partial charge >= 0.3 is 30.5 Å². The maximum atomic E-state index is 15.4.